The van der Waals surface area contributed by atoms with E-state index in [1.807, 2.05) is 0 Å². The second-order valence-electron chi connectivity index (χ2n) is 4.65. The Morgan fingerprint density at radius 1 is 1.06 bits per heavy atom. The molecule has 1 aromatic rings. The van der Waals surface area contributed by atoms with Crippen molar-refractivity contribution in [1.29, 1.82) is 0 Å². The topological polar surface area (TPSA) is 6.48 Å². The molecular formula is C14H22N2. The van der Waals surface area contributed by atoms with Gasteiger partial charge in [-0.05, 0) is 18.6 Å². The van der Waals surface area contributed by atoms with Gasteiger partial charge in [0, 0.05) is 13.6 Å². The van der Waals surface area contributed by atoms with Crippen molar-refractivity contribution in [2.45, 2.75) is 32.6 Å². The average molecular weight is 218 g/mol. The molecule has 0 bridgehead atoms. The highest BCUT2D eigenvalue weighted by atomic mass is 15.4. The molecule has 88 valence electrons. The maximum atomic E-state index is 2.49. The first-order valence-electron chi connectivity index (χ1n) is 6.38. The Morgan fingerprint density at radius 2 is 1.81 bits per heavy atom. The zero-order valence-electron chi connectivity index (χ0n) is 10.4. The first-order valence-corrected chi connectivity index (χ1v) is 6.38. The Hall–Kier alpha value is -1.18. The van der Waals surface area contributed by atoms with E-state index in [0.29, 0.717) is 0 Å². The van der Waals surface area contributed by atoms with Crippen molar-refractivity contribution >= 4 is 11.4 Å². The highest BCUT2D eigenvalue weighted by Gasteiger charge is 2.21. The number of hydrogen-bond acceptors (Lipinski definition) is 2. The first-order chi connectivity index (χ1) is 7.83. The largest absolute Gasteiger partial charge is 0.355 e. The van der Waals surface area contributed by atoms with Crippen LogP contribution in [0.3, 0.4) is 0 Å². The van der Waals surface area contributed by atoms with E-state index < -0.39 is 0 Å². The summed E-state index contributed by atoms with van der Waals surface area (Å²) in [6, 6.07) is 8.70. The molecule has 0 unspecified atom stereocenters. The third-order valence-electron chi connectivity index (χ3n) is 3.30. The maximum absolute atomic E-state index is 2.49. The summed E-state index contributed by atoms with van der Waals surface area (Å²) in [6.45, 7) is 4.51. The number of rotatable bonds is 5. The summed E-state index contributed by atoms with van der Waals surface area (Å²) in [5, 5.41) is 0. The van der Waals surface area contributed by atoms with Crippen molar-refractivity contribution in [2.24, 2.45) is 0 Å². The fourth-order valence-electron chi connectivity index (χ4n) is 2.38. The van der Waals surface area contributed by atoms with Gasteiger partial charge in [-0.25, -0.2) is 0 Å². The molecule has 0 atom stereocenters. The van der Waals surface area contributed by atoms with Crippen molar-refractivity contribution in [3.8, 4) is 0 Å². The third-order valence-corrected chi connectivity index (χ3v) is 3.30. The van der Waals surface area contributed by atoms with Gasteiger partial charge in [0.05, 0.1) is 18.0 Å². The second kappa shape index (κ2) is 5.24. The SMILES string of the molecule is CCCCCCN1CN(C)c2ccccc21. The van der Waals surface area contributed by atoms with E-state index >= 15 is 0 Å². The summed E-state index contributed by atoms with van der Waals surface area (Å²) in [5.41, 5.74) is 2.78. The van der Waals surface area contributed by atoms with Gasteiger partial charge in [0.15, 0.2) is 0 Å². The summed E-state index contributed by atoms with van der Waals surface area (Å²) in [6.07, 6.45) is 5.36. The Labute approximate surface area is 98.9 Å². The van der Waals surface area contributed by atoms with Crippen LogP contribution in [0.4, 0.5) is 11.4 Å². The minimum absolute atomic E-state index is 1.05. The van der Waals surface area contributed by atoms with Gasteiger partial charge >= 0.3 is 0 Å². The molecular weight excluding hydrogens is 196 g/mol. The number of nitrogens with zero attached hydrogens (tertiary/aromatic N) is 2. The van der Waals surface area contributed by atoms with Crippen molar-refractivity contribution in [1.82, 2.24) is 0 Å². The molecule has 2 heteroatoms. The maximum Gasteiger partial charge on any atom is 0.0901 e. The van der Waals surface area contributed by atoms with Gasteiger partial charge in [-0.15, -0.1) is 0 Å². The lowest BCUT2D eigenvalue weighted by atomic mass is 10.2. The van der Waals surface area contributed by atoms with Crippen LogP contribution < -0.4 is 9.80 Å². The Balaban J connectivity index is 1.93. The van der Waals surface area contributed by atoms with E-state index in [2.05, 4.69) is 48.0 Å². The molecule has 1 aliphatic rings. The summed E-state index contributed by atoms with van der Waals surface area (Å²) >= 11 is 0. The van der Waals surface area contributed by atoms with E-state index in [1.54, 1.807) is 0 Å². The third kappa shape index (κ3) is 2.31. The number of unbranched alkanes of at least 4 members (excludes halogenated alkanes) is 3. The van der Waals surface area contributed by atoms with Crippen molar-refractivity contribution < 1.29 is 0 Å². The minimum Gasteiger partial charge on any atom is -0.355 e. The number of anilines is 2. The molecule has 0 spiro atoms. The first kappa shape index (κ1) is 11.3. The van der Waals surface area contributed by atoms with Crippen LogP contribution in [0.2, 0.25) is 0 Å². The van der Waals surface area contributed by atoms with Gasteiger partial charge in [0.1, 0.15) is 0 Å². The molecule has 0 aliphatic carbocycles. The lowest BCUT2D eigenvalue weighted by molar-refractivity contribution is 0.649. The molecule has 0 aromatic heterocycles. The molecule has 1 aromatic carbocycles. The van der Waals surface area contributed by atoms with Crippen LogP contribution >= 0.6 is 0 Å². The highest BCUT2D eigenvalue weighted by molar-refractivity contribution is 5.75. The Kier molecular flexibility index (Phi) is 3.70. The number of benzene rings is 1. The van der Waals surface area contributed by atoms with Gasteiger partial charge < -0.3 is 9.80 Å². The predicted molar refractivity (Wildman–Crippen MR) is 71.2 cm³/mol. The zero-order valence-corrected chi connectivity index (χ0v) is 10.4. The molecule has 2 nitrogen and oxygen atoms in total. The number of hydrogen-bond donors (Lipinski definition) is 0. The second-order valence-corrected chi connectivity index (χ2v) is 4.65. The molecule has 1 heterocycles. The number of para-hydroxylation sites is 2. The van der Waals surface area contributed by atoms with Crippen molar-refractivity contribution in [3.63, 3.8) is 0 Å². The summed E-state index contributed by atoms with van der Waals surface area (Å²) < 4.78 is 0. The molecule has 0 amide bonds. The summed E-state index contributed by atoms with van der Waals surface area (Å²) in [7, 11) is 2.17. The van der Waals surface area contributed by atoms with E-state index in [1.165, 1.54) is 43.6 Å². The molecule has 0 radical (unpaired) electrons. The van der Waals surface area contributed by atoms with Gasteiger partial charge in [0.25, 0.3) is 0 Å². The summed E-state index contributed by atoms with van der Waals surface area (Å²) in [4.78, 5) is 4.82. The van der Waals surface area contributed by atoms with Crippen LogP contribution in [0, 0.1) is 0 Å². The molecule has 2 rings (SSSR count). The Bertz CT molecular complexity index is 335. The lowest BCUT2D eigenvalue weighted by Gasteiger charge is -2.19. The van der Waals surface area contributed by atoms with Crippen LogP contribution in [0.5, 0.6) is 0 Å². The highest BCUT2D eigenvalue weighted by Crippen LogP contribution is 2.34. The fraction of sp³-hybridized carbons (Fsp3) is 0.571. The molecule has 0 saturated heterocycles. The monoisotopic (exact) mass is 218 g/mol. The van der Waals surface area contributed by atoms with E-state index in [0.717, 1.165) is 6.67 Å². The van der Waals surface area contributed by atoms with Gasteiger partial charge in [0.2, 0.25) is 0 Å². The normalized spacial score (nSPS) is 14.4. The number of fused-ring (bicyclic) bond motifs is 1. The molecule has 0 fully saturated rings. The van der Waals surface area contributed by atoms with Crippen molar-refractivity contribution in [3.05, 3.63) is 24.3 Å². The average Bonchev–Trinajstić information content (AvgIpc) is 2.63. The van der Waals surface area contributed by atoms with Crippen LogP contribution in [-0.4, -0.2) is 20.3 Å². The van der Waals surface area contributed by atoms with Crippen LogP contribution in [0.15, 0.2) is 24.3 Å². The molecule has 16 heavy (non-hydrogen) atoms. The van der Waals surface area contributed by atoms with Crippen LogP contribution in [-0.2, 0) is 0 Å². The molecule has 0 saturated carbocycles. The van der Waals surface area contributed by atoms with Crippen molar-refractivity contribution in [2.75, 3.05) is 30.1 Å². The molecule has 0 N–H and O–H groups in total. The Morgan fingerprint density at radius 3 is 2.56 bits per heavy atom. The zero-order chi connectivity index (χ0) is 11.4. The van der Waals surface area contributed by atoms with Gasteiger partial charge in [-0.3, -0.25) is 0 Å². The van der Waals surface area contributed by atoms with Crippen LogP contribution in [0.25, 0.3) is 0 Å². The minimum atomic E-state index is 1.05. The van der Waals surface area contributed by atoms with Crippen LogP contribution in [0.1, 0.15) is 32.6 Å². The fourth-order valence-corrected chi connectivity index (χ4v) is 2.38. The van der Waals surface area contributed by atoms with E-state index in [-0.39, 0.29) is 0 Å². The van der Waals surface area contributed by atoms with Gasteiger partial charge in [-0.1, -0.05) is 38.3 Å². The quantitative estimate of drug-likeness (QED) is 0.698. The van der Waals surface area contributed by atoms with E-state index in [4.69, 9.17) is 0 Å². The predicted octanol–water partition coefficient (Wildman–Crippen LogP) is 3.48. The molecule has 1 aliphatic heterocycles. The lowest BCUT2D eigenvalue weighted by Crippen LogP contribution is -2.28. The van der Waals surface area contributed by atoms with Gasteiger partial charge in [-0.2, -0.15) is 0 Å². The standard InChI is InChI=1S/C14H22N2/c1-3-4-5-8-11-16-12-15(2)13-9-6-7-10-14(13)16/h6-7,9-10H,3-5,8,11-12H2,1-2H3. The summed E-state index contributed by atoms with van der Waals surface area (Å²) in [5.74, 6) is 0. The van der Waals surface area contributed by atoms with E-state index in [9.17, 15) is 0 Å². The smallest absolute Gasteiger partial charge is 0.0901 e.